The molecule has 1 atom stereocenters. The van der Waals surface area contributed by atoms with Crippen molar-refractivity contribution in [3.8, 4) is 0 Å². The predicted octanol–water partition coefficient (Wildman–Crippen LogP) is 12.4. The van der Waals surface area contributed by atoms with Crippen LogP contribution in [0.2, 0.25) is 0 Å². The van der Waals surface area contributed by atoms with Crippen molar-refractivity contribution in [2.24, 2.45) is 0 Å². The summed E-state index contributed by atoms with van der Waals surface area (Å²) in [5.41, 5.74) is 0. The molecule has 0 aliphatic carbocycles. The third-order valence-electron chi connectivity index (χ3n) is 8.29. The number of nitrogens with one attached hydrogen (secondary N) is 1. The SMILES string of the molecule is CC/C=C\C/C=C\C/C=C\C/C=C\C/C=C\CCCCCCCCCC(=O)OC(/C=C\C/C=C\CCCC)CCCCCCC(=O)NCC(=O)O. The largest absolute Gasteiger partial charge is 0.480 e. The van der Waals surface area contributed by atoms with E-state index in [4.69, 9.17) is 9.84 Å². The smallest absolute Gasteiger partial charge is 0.322 e. The Hall–Kier alpha value is -3.41. The van der Waals surface area contributed by atoms with Crippen LogP contribution in [0.5, 0.6) is 0 Å². The van der Waals surface area contributed by atoms with E-state index in [0.29, 0.717) is 12.8 Å². The van der Waals surface area contributed by atoms with Crippen molar-refractivity contribution in [1.29, 1.82) is 0 Å². The Morgan fingerprint density at radius 2 is 1.02 bits per heavy atom. The van der Waals surface area contributed by atoms with Gasteiger partial charge in [-0.3, -0.25) is 14.4 Å². The van der Waals surface area contributed by atoms with Crippen LogP contribution in [-0.2, 0) is 19.1 Å². The number of allylic oxidation sites excluding steroid dienone is 13. The quantitative estimate of drug-likeness (QED) is 0.0388. The average Bonchev–Trinajstić information content (AvgIpc) is 3.11. The van der Waals surface area contributed by atoms with E-state index < -0.39 is 5.97 Å². The molecule has 0 aromatic rings. The Bertz CT molecular complexity index is 1050. The van der Waals surface area contributed by atoms with E-state index >= 15 is 0 Å². The lowest BCUT2D eigenvalue weighted by Crippen LogP contribution is -2.28. The molecule has 0 aliphatic heterocycles. The highest BCUT2D eigenvalue weighted by atomic mass is 16.5. The summed E-state index contributed by atoms with van der Waals surface area (Å²) in [6, 6.07) is 0. The van der Waals surface area contributed by atoms with Crippen molar-refractivity contribution in [1.82, 2.24) is 5.32 Å². The summed E-state index contributed by atoms with van der Waals surface area (Å²) in [4.78, 5) is 34.9. The van der Waals surface area contributed by atoms with Crippen LogP contribution < -0.4 is 5.32 Å². The monoisotopic (exact) mass is 708 g/mol. The van der Waals surface area contributed by atoms with Crippen molar-refractivity contribution < 1.29 is 24.2 Å². The number of unbranched alkanes of at least 4 members (excludes halogenated alkanes) is 12. The lowest BCUT2D eigenvalue weighted by Gasteiger charge is -2.14. The lowest BCUT2D eigenvalue weighted by atomic mass is 10.1. The van der Waals surface area contributed by atoms with Gasteiger partial charge >= 0.3 is 11.9 Å². The van der Waals surface area contributed by atoms with Gasteiger partial charge in [-0.05, 0) is 89.5 Å². The molecule has 0 saturated carbocycles. The highest BCUT2D eigenvalue weighted by Crippen LogP contribution is 2.15. The Kier molecular flexibility index (Phi) is 36.7. The number of amides is 1. The third kappa shape index (κ3) is 39.2. The molecule has 6 nitrogen and oxygen atoms in total. The summed E-state index contributed by atoms with van der Waals surface area (Å²) in [5, 5.41) is 11.1. The van der Waals surface area contributed by atoms with Gasteiger partial charge in [0.25, 0.3) is 0 Å². The van der Waals surface area contributed by atoms with Gasteiger partial charge in [0.2, 0.25) is 5.91 Å². The second kappa shape index (κ2) is 39.4. The number of hydrogen-bond acceptors (Lipinski definition) is 4. The van der Waals surface area contributed by atoms with Gasteiger partial charge in [0.1, 0.15) is 12.6 Å². The highest BCUT2D eigenvalue weighted by Gasteiger charge is 2.11. The fraction of sp³-hybridized carbons (Fsp3) is 0.622. The maximum absolute atomic E-state index is 12.6. The number of aliphatic carboxylic acids is 1. The fourth-order valence-corrected chi connectivity index (χ4v) is 5.30. The zero-order valence-corrected chi connectivity index (χ0v) is 32.4. The van der Waals surface area contributed by atoms with E-state index in [1.165, 1.54) is 38.5 Å². The summed E-state index contributed by atoms with van der Waals surface area (Å²) in [6.07, 6.45) is 54.4. The van der Waals surface area contributed by atoms with Crippen molar-refractivity contribution in [3.05, 3.63) is 85.1 Å². The maximum atomic E-state index is 12.6. The van der Waals surface area contributed by atoms with Gasteiger partial charge in [-0.2, -0.15) is 0 Å². The van der Waals surface area contributed by atoms with Gasteiger partial charge in [0.05, 0.1) is 0 Å². The zero-order chi connectivity index (χ0) is 37.3. The van der Waals surface area contributed by atoms with Crippen molar-refractivity contribution >= 4 is 17.8 Å². The minimum Gasteiger partial charge on any atom is -0.480 e. The molecule has 0 aromatic carbocycles. The molecule has 1 amide bonds. The van der Waals surface area contributed by atoms with Gasteiger partial charge in [-0.1, -0.05) is 151 Å². The number of carboxylic acid groups (broad SMARTS) is 1. The number of hydrogen-bond donors (Lipinski definition) is 2. The fourth-order valence-electron chi connectivity index (χ4n) is 5.30. The molecule has 1 unspecified atom stereocenters. The van der Waals surface area contributed by atoms with E-state index in [1.807, 2.05) is 6.08 Å². The molecular weight excluding hydrogens is 634 g/mol. The first-order valence-electron chi connectivity index (χ1n) is 20.2. The van der Waals surface area contributed by atoms with Crippen LogP contribution in [0.25, 0.3) is 0 Å². The van der Waals surface area contributed by atoms with Crippen LogP contribution in [0.4, 0.5) is 0 Å². The number of carboxylic acids is 1. The molecule has 2 N–H and O–H groups in total. The molecule has 51 heavy (non-hydrogen) atoms. The molecule has 0 aliphatic rings. The summed E-state index contributed by atoms with van der Waals surface area (Å²) in [5.74, 6) is -1.38. The van der Waals surface area contributed by atoms with E-state index in [1.54, 1.807) is 0 Å². The Morgan fingerprint density at radius 3 is 1.59 bits per heavy atom. The number of esters is 1. The summed E-state index contributed by atoms with van der Waals surface area (Å²) in [6.45, 7) is 4.02. The van der Waals surface area contributed by atoms with E-state index in [2.05, 4.69) is 98.2 Å². The van der Waals surface area contributed by atoms with Crippen molar-refractivity contribution in [3.63, 3.8) is 0 Å². The van der Waals surface area contributed by atoms with Crippen LogP contribution in [0, 0.1) is 0 Å². The Morgan fingerprint density at radius 1 is 0.549 bits per heavy atom. The highest BCUT2D eigenvalue weighted by molar-refractivity contribution is 5.80. The molecule has 0 saturated heterocycles. The van der Waals surface area contributed by atoms with E-state index in [-0.39, 0.29) is 24.5 Å². The van der Waals surface area contributed by atoms with Crippen molar-refractivity contribution in [2.75, 3.05) is 6.54 Å². The first-order chi connectivity index (χ1) is 25.0. The molecule has 0 radical (unpaired) electrons. The van der Waals surface area contributed by atoms with Crippen LogP contribution in [0.3, 0.4) is 0 Å². The number of rotatable bonds is 35. The third-order valence-corrected chi connectivity index (χ3v) is 8.29. The molecule has 0 bridgehead atoms. The van der Waals surface area contributed by atoms with E-state index in [0.717, 1.165) is 103 Å². The minimum atomic E-state index is -1.03. The second-order valence-electron chi connectivity index (χ2n) is 13.2. The molecule has 288 valence electrons. The first-order valence-corrected chi connectivity index (χ1v) is 20.2. The van der Waals surface area contributed by atoms with Crippen molar-refractivity contribution in [2.45, 2.75) is 174 Å². The Labute approximate surface area is 312 Å². The van der Waals surface area contributed by atoms with Crippen LogP contribution in [-0.4, -0.2) is 35.6 Å². The average molecular weight is 708 g/mol. The molecule has 0 rings (SSSR count). The summed E-state index contributed by atoms with van der Waals surface area (Å²) >= 11 is 0. The van der Waals surface area contributed by atoms with Crippen LogP contribution in [0.15, 0.2) is 85.1 Å². The van der Waals surface area contributed by atoms with Gasteiger partial charge in [-0.15, -0.1) is 0 Å². The normalized spacial score (nSPS) is 13.0. The molecule has 0 aromatic heterocycles. The molecular formula is C45H73NO5. The zero-order valence-electron chi connectivity index (χ0n) is 32.4. The number of carbonyl (C=O) groups is 3. The van der Waals surface area contributed by atoms with Gasteiger partial charge < -0.3 is 15.2 Å². The van der Waals surface area contributed by atoms with Gasteiger partial charge in [0, 0.05) is 12.8 Å². The van der Waals surface area contributed by atoms with Crippen LogP contribution in [0.1, 0.15) is 168 Å². The number of carbonyl (C=O) groups excluding carboxylic acids is 2. The summed E-state index contributed by atoms with van der Waals surface area (Å²) in [7, 11) is 0. The standard InChI is InChI=1S/C45H73NO5/c1-3-5-7-9-11-12-13-14-15-16-17-18-19-20-21-22-23-24-25-26-28-30-36-40-45(50)51-42(37-33-29-27-10-8-6-4-2)38-34-31-32-35-39-43(47)46-41-44(48)49/h5,7,10-12,14-15,17-18,20-21,27,33,37,42H,3-4,6,8-9,13,16,19,22-26,28-32,34-36,38-41H2,1-2H3,(H,46,47)(H,48,49)/b7-5-,12-11-,15-14-,18-17-,21-20-,27-10-,37-33-. The topological polar surface area (TPSA) is 92.7 Å². The molecule has 0 heterocycles. The molecule has 0 fully saturated rings. The van der Waals surface area contributed by atoms with Gasteiger partial charge in [0.15, 0.2) is 0 Å². The summed E-state index contributed by atoms with van der Waals surface area (Å²) < 4.78 is 5.86. The second-order valence-corrected chi connectivity index (χ2v) is 13.2. The number of ether oxygens (including phenoxy) is 1. The molecule has 0 spiro atoms. The van der Waals surface area contributed by atoms with E-state index in [9.17, 15) is 14.4 Å². The Balaban J connectivity index is 4.05. The maximum Gasteiger partial charge on any atom is 0.322 e. The lowest BCUT2D eigenvalue weighted by molar-refractivity contribution is -0.147. The molecule has 6 heteroatoms. The van der Waals surface area contributed by atoms with Gasteiger partial charge in [-0.25, -0.2) is 0 Å². The predicted molar refractivity (Wildman–Crippen MR) is 217 cm³/mol. The first kappa shape index (κ1) is 47.6. The minimum absolute atomic E-state index is 0.115. The van der Waals surface area contributed by atoms with Crippen LogP contribution >= 0.6 is 0 Å².